The van der Waals surface area contributed by atoms with Crippen molar-refractivity contribution in [2.75, 3.05) is 40.3 Å². The number of fused-ring (bicyclic) bond motifs is 1. The molecule has 164 valence electrons. The number of aliphatic carboxylic acids is 1. The van der Waals surface area contributed by atoms with Gasteiger partial charge in [0.1, 0.15) is 0 Å². The van der Waals surface area contributed by atoms with Gasteiger partial charge in [0.25, 0.3) is 0 Å². The fraction of sp³-hybridized carbons (Fsp3) is 0.320. The van der Waals surface area contributed by atoms with E-state index in [0.29, 0.717) is 17.2 Å². The minimum atomic E-state index is -0.843. The largest absolute Gasteiger partial charge is 0.493 e. The summed E-state index contributed by atoms with van der Waals surface area (Å²) >= 11 is 0. The zero-order chi connectivity index (χ0) is 22.9. The van der Waals surface area contributed by atoms with Crippen molar-refractivity contribution in [1.29, 1.82) is 0 Å². The predicted molar refractivity (Wildman–Crippen MR) is 124 cm³/mol. The van der Waals surface area contributed by atoms with Gasteiger partial charge in [-0.3, -0.25) is 4.79 Å². The Morgan fingerprint density at radius 2 is 1.61 bits per heavy atom. The lowest BCUT2D eigenvalue weighted by Crippen LogP contribution is -2.12. The quantitative estimate of drug-likeness (QED) is 0.688. The third kappa shape index (κ3) is 3.98. The Morgan fingerprint density at radius 3 is 2.10 bits per heavy atom. The number of rotatable bonds is 7. The summed E-state index contributed by atoms with van der Waals surface area (Å²) in [6, 6.07) is 9.93. The molecule has 0 amide bonds. The van der Waals surface area contributed by atoms with Crippen LogP contribution in [0.3, 0.4) is 0 Å². The Kier molecular flexibility index (Phi) is 6.29. The van der Waals surface area contributed by atoms with Gasteiger partial charge in [0.2, 0.25) is 5.75 Å². The van der Waals surface area contributed by atoms with Gasteiger partial charge >= 0.3 is 5.97 Å². The molecule has 0 saturated carbocycles. The first kappa shape index (κ1) is 22.3. The molecule has 0 bridgehead atoms. The number of carboxylic acids is 1. The first-order valence-electron chi connectivity index (χ1n) is 10.0. The lowest BCUT2D eigenvalue weighted by molar-refractivity contribution is -0.139. The maximum atomic E-state index is 11.9. The first-order chi connectivity index (χ1) is 14.7. The minimum Gasteiger partial charge on any atom is -0.493 e. The molecule has 31 heavy (non-hydrogen) atoms. The van der Waals surface area contributed by atoms with Crippen LogP contribution >= 0.6 is 0 Å². The molecular weight excluding hydrogens is 394 g/mol. The van der Waals surface area contributed by atoms with Crippen molar-refractivity contribution in [2.45, 2.75) is 13.8 Å². The van der Waals surface area contributed by atoms with E-state index in [2.05, 4.69) is 12.1 Å². The minimum absolute atomic E-state index is 0.530. The lowest BCUT2D eigenvalue weighted by Gasteiger charge is -2.16. The van der Waals surface area contributed by atoms with Crippen molar-refractivity contribution < 1.29 is 24.1 Å². The highest BCUT2D eigenvalue weighted by atomic mass is 16.5. The van der Waals surface area contributed by atoms with Crippen LogP contribution in [-0.4, -0.2) is 46.5 Å². The average Bonchev–Trinajstić information content (AvgIpc) is 3.02. The number of anilines is 1. The molecule has 0 radical (unpaired) electrons. The molecule has 3 rings (SSSR count). The van der Waals surface area contributed by atoms with E-state index in [9.17, 15) is 9.90 Å². The topological polar surface area (TPSA) is 68.2 Å². The van der Waals surface area contributed by atoms with E-state index in [1.54, 1.807) is 28.3 Å². The normalized spacial score (nSPS) is 15.0. The van der Waals surface area contributed by atoms with Crippen molar-refractivity contribution >= 4 is 28.9 Å². The molecule has 0 fully saturated rings. The van der Waals surface area contributed by atoms with E-state index in [0.717, 1.165) is 39.1 Å². The molecule has 6 heteroatoms. The molecule has 2 aromatic rings. The second kappa shape index (κ2) is 8.76. The number of hydrogen-bond donors (Lipinski definition) is 1. The summed E-state index contributed by atoms with van der Waals surface area (Å²) in [5.41, 5.74) is 6.64. The van der Waals surface area contributed by atoms with E-state index in [1.807, 2.05) is 50.2 Å². The van der Waals surface area contributed by atoms with E-state index < -0.39 is 11.9 Å². The number of nitrogens with zero attached hydrogens (tertiary/aromatic N) is 1. The molecule has 6 nitrogen and oxygen atoms in total. The molecule has 1 aliphatic carbocycles. The maximum absolute atomic E-state index is 11.9. The smallest absolute Gasteiger partial charge is 0.310 e. The van der Waals surface area contributed by atoms with Crippen molar-refractivity contribution in [3.8, 4) is 17.2 Å². The number of carbonyl (C=O) groups is 1. The zero-order valence-electron chi connectivity index (χ0n) is 19.1. The molecule has 1 atom stereocenters. The summed E-state index contributed by atoms with van der Waals surface area (Å²) in [6.45, 7) is 3.71. The third-order valence-electron chi connectivity index (χ3n) is 5.71. The third-order valence-corrected chi connectivity index (χ3v) is 5.71. The van der Waals surface area contributed by atoms with Crippen LogP contribution in [0, 0.1) is 5.92 Å². The van der Waals surface area contributed by atoms with Crippen LogP contribution < -0.4 is 19.1 Å². The van der Waals surface area contributed by atoms with E-state index in [4.69, 9.17) is 14.2 Å². The summed E-state index contributed by atoms with van der Waals surface area (Å²) in [4.78, 5) is 13.9. The van der Waals surface area contributed by atoms with E-state index >= 15 is 0 Å². The SMILES string of the molecule is COc1cc(/C=C2\C(C)=C(C(C)C(=O)O)c3cc(N(C)C)ccc32)cc(OC)c1OC. The molecule has 1 N–H and O–H groups in total. The standard InChI is InChI=1S/C25H29NO5/c1-14-19(10-16-11-21(29-5)24(31-7)22(12-16)30-6)18-9-8-17(26(3)4)13-20(18)23(14)15(2)25(27)28/h8-13,15H,1-7H3,(H,27,28)/b19-10+. The second-order valence-corrected chi connectivity index (χ2v) is 7.74. The van der Waals surface area contributed by atoms with Crippen LogP contribution in [0.5, 0.6) is 17.2 Å². The van der Waals surface area contributed by atoms with Crippen LogP contribution in [0.2, 0.25) is 0 Å². The number of hydrogen-bond acceptors (Lipinski definition) is 5. The highest BCUT2D eigenvalue weighted by Gasteiger charge is 2.30. The fourth-order valence-corrected chi connectivity index (χ4v) is 4.04. The van der Waals surface area contributed by atoms with Gasteiger partial charge in [-0.25, -0.2) is 0 Å². The molecule has 1 aliphatic rings. The average molecular weight is 424 g/mol. The number of allylic oxidation sites excluding steroid dienone is 2. The zero-order valence-corrected chi connectivity index (χ0v) is 19.1. The molecule has 0 spiro atoms. The van der Waals surface area contributed by atoms with Gasteiger partial charge in [0.15, 0.2) is 11.5 Å². The van der Waals surface area contributed by atoms with Crippen molar-refractivity contribution in [3.05, 3.63) is 52.6 Å². The Labute approximate surface area is 183 Å². The molecule has 1 unspecified atom stereocenters. The molecule has 0 saturated heterocycles. The summed E-state index contributed by atoms with van der Waals surface area (Å²) in [5, 5.41) is 9.72. The van der Waals surface area contributed by atoms with Gasteiger partial charge in [0, 0.05) is 19.8 Å². The number of carboxylic acid groups (broad SMARTS) is 1. The van der Waals surface area contributed by atoms with E-state index in [1.165, 1.54) is 0 Å². The Morgan fingerprint density at radius 1 is 1.00 bits per heavy atom. The summed E-state index contributed by atoms with van der Waals surface area (Å²) < 4.78 is 16.4. The molecule has 2 aromatic carbocycles. The Hall–Kier alpha value is -3.41. The fourth-order valence-electron chi connectivity index (χ4n) is 4.04. The maximum Gasteiger partial charge on any atom is 0.310 e. The van der Waals surface area contributed by atoms with Gasteiger partial charge < -0.3 is 24.2 Å². The highest BCUT2D eigenvalue weighted by molar-refractivity contribution is 6.09. The van der Waals surface area contributed by atoms with Crippen molar-refractivity contribution in [3.63, 3.8) is 0 Å². The van der Waals surface area contributed by atoms with Gasteiger partial charge in [-0.05, 0) is 77.6 Å². The predicted octanol–water partition coefficient (Wildman–Crippen LogP) is 4.83. The van der Waals surface area contributed by atoms with Crippen LogP contribution in [0.4, 0.5) is 5.69 Å². The van der Waals surface area contributed by atoms with Crippen LogP contribution in [-0.2, 0) is 4.79 Å². The molecule has 0 heterocycles. The van der Waals surface area contributed by atoms with Gasteiger partial charge in [0.05, 0.1) is 27.2 Å². The van der Waals surface area contributed by atoms with Gasteiger partial charge in [-0.15, -0.1) is 0 Å². The van der Waals surface area contributed by atoms with Crippen LogP contribution in [0.1, 0.15) is 30.5 Å². The van der Waals surface area contributed by atoms with Crippen molar-refractivity contribution in [1.82, 2.24) is 0 Å². The lowest BCUT2D eigenvalue weighted by atomic mass is 9.93. The Bertz CT molecular complexity index is 1060. The summed E-state index contributed by atoms with van der Waals surface area (Å²) in [6.07, 6.45) is 2.04. The number of methoxy groups -OCH3 is 3. The first-order valence-corrected chi connectivity index (χ1v) is 10.0. The number of benzene rings is 2. The molecule has 0 aliphatic heterocycles. The van der Waals surface area contributed by atoms with Crippen LogP contribution in [0.15, 0.2) is 35.9 Å². The summed E-state index contributed by atoms with van der Waals surface area (Å²) in [5.74, 6) is 0.194. The van der Waals surface area contributed by atoms with Crippen LogP contribution in [0.25, 0.3) is 17.2 Å². The number of ether oxygens (including phenoxy) is 3. The van der Waals surface area contributed by atoms with Crippen molar-refractivity contribution in [2.24, 2.45) is 5.92 Å². The Balaban J connectivity index is 2.24. The van der Waals surface area contributed by atoms with Gasteiger partial charge in [-0.1, -0.05) is 6.07 Å². The monoisotopic (exact) mass is 423 g/mol. The highest BCUT2D eigenvalue weighted by Crippen LogP contribution is 2.47. The molecular formula is C25H29NO5. The molecule has 0 aromatic heterocycles. The summed E-state index contributed by atoms with van der Waals surface area (Å²) in [7, 11) is 8.68. The second-order valence-electron chi connectivity index (χ2n) is 7.74. The van der Waals surface area contributed by atoms with E-state index in [-0.39, 0.29) is 0 Å². The van der Waals surface area contributed by atoms with Gasteiger partial charge in [-0.2, -0.15) is 0 Å².